The van der Waals surface area contributed by atoms with E-state index in [-0.39, 0.29) is 18.4 Å². The zero-order valence-electron chi connectivity index (χ0n) is 10.9. The Bertz CT molecular complexity index is 695. The number of benzene rings is 2. The van der Waals surface area contributed by atoms with Crippen molar-refractivity contribution < 1.29 is 19.4 Å². The van der Waals surface area contributed by atoms with Gasteiger partial charge in [-0.1, -0.05) is 0 Å². The summed E-state index contributed by atoms with van der Waals surface area (Å²) in [6.07, 6.45) is 1.51. The molecule has 1 heterocycles. The molecule has 0 unspecified atom stereocenters. The molecule has 6 nitrogen and oxygen atoms in total. The van der Waals surface area contributed by atoms with Crippen LogP contribution in [-0.2, 0) is 0 Å². The Morgan fingerprint density at radius 1 is 1.14 bits per heavy atom. The molecular weight excluding hydrogens is 272 g/mol. The van der Waals surface area contributed by atoms with E-state index in [0.29, 0.717) is 17.1 Å². The zero-order valence-corrected chi connectivity index (χ0v) is 10.9. The van der Waals surface area contributed by atoms with Crippen LogP contribution in [0.25, 0.3) is 0 Å². The van der Waals surface area contributed by atoms with Crippen LogP contribution in [0, 0.1) is 0 Å². The molecule has 1 amide bonds. The van der Waals surface area contributed by atoms with Crippen LogP contribution in [0.1, 0.15) is 15.9 Å². The van der Waals surface area contributed by atoms with Gasteiger partial charge in [-0.05, 0) is 48.0 Å². The van der Waals surface area contributed by atoms with Crippen molar-refractivity contribution in [3.63, 3.8) is 0 Å². The van der Waals surface area contributed by atoms with E-state index in [2.05, 4.69) is 10.5 Å². The fraction of sp³-hybridized carbons (Fsp3) is 0.0667. The van der Waals surface area contributed by atoms with Gasteiger partial charge in [-0.15, -0.1) is 0 Å². The predicted molar refractivity (Wildman–Crippen MR) is 75.7 cm³/mol. The number of aromatic hydroxyl groups is 1. The van der Waals surface area contributed by atoms with E-state index < -0.39 is 0 Å². The van der Waals surface area contributed by atoms with Gasteiger partial charge in [-0.2, -0.15) is 5.10 Å². The van der Waals surface area contributed by atoms with Crippen LogP contribution < -0.4 is 14.9 Å². The summed E-state index contributed by atoms with van der Waals surface area (Å²) in [6.45, 7) is 0.216. The van der Waals surface area contributed by atoms with Crippen molar-refractivity contribution in [3.8, 4) is 17.2 Å². The molecule has 106 valence electrons. The molecule has 0 fully saturated rings. The maximum absolute atomic E-state index is 11.8. The quantitative estimate of drug-likeness (QED) is 0.666. The fourth-order valence-corrected chi connectivity index (χ4v) is 1.84. The molecule has 0 saturated carbocycles. The number of ether oxygens (including phenoxy) is 2. The van der Waals surface area contributed by atoms with Gasteiger partial charge in [0.25, 0.3) is 5.91 Å². The molecule has 0 atom stereocenters. The van der Waals surface area contributed by atoms with Crippen LogP contribution in [0.5, 0.6) is 17.2 Å². The lowest BCUT2D eigenvalue weighted by molar-refractivity contribution is 0.0955. The molecule has 0 bridgehead atoms. The van der Waals surface area contributed by atoms with Gasteiger partial charge in [0, 0.05) is 5.56 Å². The number of phenols is 1. The van der Waals surface area contributed by atoms with Crippen molar-refractivity contribution in [2.24, 2.45) is 5.10 Å². The first-order valence-electron chi connectivity index (χ1n) is 6.24. The van der Waals surface area contributed by atoms with Gasteiger partial charge in [0.1, 0.15) is 5.75 Å². The highest BCUT2D eigenvalue weighted by Crippen LogP contribution is 2.31. The van der Waals surface area contributed by atoms with Crippen LogP contribution in [0.15, 0.2) is 47.6 Å². The molecule has 2 aromatic rings. The fourth-order valence-electron chi connectivity index (χ4n) is 1.84. The summed E-state index contributed by atoms with van der Waals surface area (Å²) in [5.74, 6) is 1.10. The summed E-state index contributed by atoms with van der Waals surface area (Å²) in [7, 11) is 0. The maximum atomic E-state index is 11.8. The van der Waals surface area contributed by atoms with Gasteiger partial charge in [0.05, 0.1) is 6.21 Å². The first kappa shape index (κ1) is 13.0. The van der Waals surface area contributed by atoms with E-state index in [1.165, 1.54) is 30.5 Å². The smallest absolute Gasteiger partial charge is 0.271 e. The molecule has 0 saturated heterocycles. The number of hydrogen-bond donors (Lipinski definition) is 2. The molecule has 1 aliphatic heterocycles. The second-order valence-corrected chi connectivity index (χ2v) is 4.36. The minimum atomic E-state index is -0.355. The van der Waals surface area contributed by atoms with Gasteiger partial charge in [-0.25, -0.2) is 5.43 Å². The summed E-state index contributed by atoms with van der Waals surface area (Å²) in [5.41, 5.74) is 3.61. The lowest BCUT2D eigenvalue weighted by atomic mass is 10.2. The highest BCUT2D eigenvalue weighted by atomic mass is 16.7. The van der Waals surface area contributed by atoms with Crippen LogP contribution in [0.2, 0.25) is 0 Å². The van der Waals surface area contributed by atoms with Gasteiger partial charge in [-0.3, -0.25) is 4.79 Å². The number of fused-ring (bicyclic) bond motifs is 1. The average Bonchev–Trinajstić information content (AvgIpc) is 2.95. The number of rotatable bonds is 3. The molecule has 0 spiro atoms. The largest absolute Gasteiger partial charge is 0.508 e. The highest BCUT2D eigenvalue weighted by molar-refractivity contribution is 5.95. The first-order valence-corrected chi connectivity index (χ1v) is 6.24. The van der Waals surface area contributed by atoms with E-state index in [9.17, 15) is 4.79 Å². The SMILES string of the molecule is O=C(N/N=C\c1ccc2c(c1)OCO2)c1ccc(O)cc1. The van der Waals surface area contributed by atoms with Crippen LogP contribution in [0.4, 0.5) is 0 Å². The summed E-state index contributed by atoms with van der Waals surface area (Å²) in [5, 5.41) is 13.0. The third-order valence-electron chi connectivity index (χ3n) is 2.91. The molecule has 1 aliphatic rings. The molecule has 2 aromatic carbocycles. The Labute approximate surface area is 120 Å². The van der Waals surface area contributed by atoms with E-state index in [1.54, 1.807) is 12.1 Å². The van der Waals surface area contributed by atoms with E-state index in [1.807, 2.05) is 6.07 Å². The minimum absolute atomic E-state index is 0.107. The molecule has 2 N–H and O–H groups in total. The normalized spacial score (nSPS) is 12.6. The lowest BCUT2D eigenvalue weighted by Crippen LogP contribution is -2.17. The Morgan fingerprint density at radius 2 is 1.90 bits per heavy atom. The predicted octanol–water partition coefficient (Wildman–Crippen LogP) is 1.88. The van der Waals surface area contributed by atoms with E-state index >= 15 is 0 Å². The number of carbonyl (C=O) groups excluding carboxylic acids is 1. The first-order chi connectivity index (χ1) is 10.2. The van der Waals surface area contributed by atoms with Crippen molar-refractivity contribution in [3.05, 3.63) is 53.6 Å². The van der Waals surface area contributed by atoms with Crippen molar-refractivity contribution in [2.75, 3.05) is 6.79 Å². The topological polar surface area (TPSA) is 80.2 Å². The monoisotopic (exact) mass is 284 g/mol. The molecule has 0 aromatic heterocycles. The summed E-state index contributed by atoms with van der Waals surface area (Å²) >= 11 is 0. The number of hydrogen-bond acceptors (Lipinski definition) is 5. The van der Waals surface area contributed by atoms with E-state index in [0.717, 1.165) is 5.56 Å². The molecule has 0 radical (unpaired) electrons. The number of phenolic OH excluding ortho intramolecular Hbond substituents is 1. The minimum Gasteiger partial charge on any atom is -0.508 e. The van der Waals surface area contributed by atoms with E-state index in [4.69, 9.17) is 14.6 Å². The summed E-state index contributed by atoms with van der Waals surface area (Å²) in [4.78, 5) is 11.8. The Hall–Kier alpha value is -3.02. The summed E-state index contributed by atoms with van der Waals surface area (Å²) < 4.78 is 10.5. The molecule has 6 heteroatoms. The van der Waals surface area contributed by atoms with Crippen molar-refractivity contribution in [1.82, 2.24) is 5.43 Å². The molecular formula is C15H12N2O4. The van der Waals surface area contributed by atoms with Crippen molar-refractivity contribution >= 4 is 12.1 Å². The van der Waals surface area contributed by atoms with Gasteiger partial charge < -0.3 is 14.6 Å². The molecule has 21 heavy (non-hydrogen) atoms. The molecule has 0 aliphatic carbocycles. The Kier molecular flexibility index (Phi) is 3.42. The number of amides is 1. The standard InChI is InChI=1S/C15H12N2O4/c18-12-4-2-11(3-5-12)15(19)17-16-8-10-1-6-13-14(7-10)21-9-20-13/h1-8,18H,9H2,(H,17,19)/b16-8-. The maximum Gasteiger partial charge on any atom is 0.271 e. The third-order valence-corrected chi connectivity index (χ3v) is 2.91. The van der Waals surface area contributed by atoms with Gasteiger partial charge in [0.2, 0.25) is 6.79 Å². The average molecular weight is 284 g/mol. The van der Waals surface area contributed by atoms with Crippen LogP contribution >= 0.6 is 0 Å². The van der Waals surface area contributed by atoms with Gasteiger partial charge >= 0.3 is 0 Å². The third kappa shape index (κ3) is 2.94. The van der Waals surface area contributed by atoms with Crippen LogP contribution in [-0.4, -0.2) is 24.0 Å². The molecule has 3 rings (SSSR count). The second kappa shape index (κ2) is 5.54. The number of nitrogens with zero attached hydrogens (tertiary/aromatic N) is 1. The highest BCUT2D eigenvalue weighted by Gasteiger charge is 2.12. The summed E-state index contributed by atoms with van der Waals surface area (Å²) in [6, 6.07) is 11.3. The zero-order chi connectivity index (χ0) is 14.7. The Morgan fingerprint density at radius 3 is 2.71 bits per heavy atom. The second-order valence-electron chi connectivity index (χ2n) is 4.36. The number of hydrazone groups is 1. The van der Waals surface area contributed by atoms with Crippen LogP contribution in [0.3, 0.4) is 0 Å². The van der Waals surface area contributed by atoms with Crippen molar-refractivity contribution in [1.29, 1.82) is 0 Å². The lowest BCUT2D eigenvalue weighted by Gasteiger charge is -2.00. The van der Waals surface area contributed by atoms with Crippen molar-refractivity contribution in [2.45, 2.75) is 0 Å². The number of carbonyl (C=O) groups is 1. The van der Waals surface area contributed by atoms with Gasteiger partial charge in [0.15, 0.2) is 11.5 Å². The Balaban J connectivity index is 1.64. The number of nitrogens with one attached hydrogen (secondary N) is 1.